The van der Waals surface area contributed by atoms with Crippen LogP contribution in [0.15, 0.2) is 0 Å². The Morgan fingerprint density at radius 3 is 2.57 bits per heavy atom. The van der Waals surface area contributed by atoms with E-state index in [4.69, 9.17) is 11.6 Å². The first-order valence-corrected chi connectivity index (χ1v) is 8.32. The molecule has 3 aliphatic heterocycles. The van der Waals surface area contributed by atoms with E-state index in [-0.39, 0.29) is 0 Å². The molecule has 3 saturated heterocycles. The van der Waals surface area contributed by atoms with Gasteiger partial charge in [0.1, 0.15) is 5.15 Å². The molecule has 0 saturated carbocycles. The molecular weight excluding hydrogens is 286 g/mol. The van der Waals surface area contributed by atoms with E-state index in [0.29, 0.717) is 12.0 Å². The Hall–Kier alpha value is -0.620. The largest absolute Gasteiger partial charge is 0.311 e. The van der Waals surface area contributed by atoms with Gasteiger partial charge in [-0.25, -0.2) is 0 Å². The van der Waals surface area contributed by atoms with Crippen LogP contribution in [0.2, 0.25) is 5.15 Å². The van der Waals surface area contributed by atoms with Crippen LogP contribution in [0.4, 0.5) is 0 Å². The second-order valence-corrected chi connectivity index (χ2v) is 6.91. The molecule has 0 aromatic carbocycles. The smallest absolute Gasteiger partial charge is 0.131 e. The Labute approximate surface area is 132 Å². The van der Waals surface area contributed by atoms with Crippen molar-refractivity contribution >= 4 is 11.6 Å². The van der Waals surface area contributed by atoms with Gasteiger partial charge in [-0.05, 0) is 5.92 Å². The lowest BCUT2D eigenvalue weighted by molar-refractivity contribution is 0.0136. The highest BCUT2D eigenvalue weighted by atomic mass is 35.5. The van der Waals surface area contributed by atoms with Crippen molar-refractivity contribution in [1.29, 1.82) is 0 Å². The normalized spacial score (nSPS) is 28.5. The molecule has 21 heavy (non-hydrogen) atoms. The molecule has 0 radical (unpaired) electrons. The van der Waals surface area contributed by atoms with E-state index in [2.05, 4.69) is 34.1 Å². The first kappa shape index (κ1) is 15.3. The zero-order valence-electron chi connectivity index (χ0n) is 13.3. The zero-order chi connectivity index (χ0) is 15.0. The summed E-state index contributed by atoms with van der Waals surface area (Å²) < 4.78 is 1.78. The predicted molar refractivity (Wildman–Crippen MR) is 85.8 cm³/mol. The van der Waals surface area contributed by atoms with Crippen LogP contribution in [0, 0.1) is 0 Å². The molecule has 118 valence electrons. The summed E-state index contributed by atoms with van der Waals surface area (Å²) in [6, 6.07) is 0.644. The molecule has 2 bridgehead atoms. The lowest BCUT2D eigenvalue weighted by Gasteiger charge is -2.47. The summed E-state index contributed by atoms with van der Waals surface area (Å²) in [4.78, 5) is 5.18. The third-order valence-electron chi connectivity index (χ3n) is 4.72. The van der Waals surface area contributed by atoms with Crippen LogP contribution in [0.25, 0.3) is 0 Å². The number of aryl methyl sites for hydroxylation is 1. The number of fused-ring (bicyclic) bond motifs is 3. The number of halogens is 1. The monoisotopic (exact) mass is 311 g/mol. The van der Waals surface area contributed by atoms with Crippen LogP contribution in [0.3, 0.4) is 0 Å². The van der Waals surface area contributed by atoms with E-state index in [0.717, 1.165) is 29.5 Å². The van der Waals surface area contributed by atoms with Gasteiger partial charge in [0.2, 0.25) is 0 Å². The first-order valence-electron chi connectivity index (χ1n) is 7.94. The van der Waals surface area contributed by atoms with Crippen molar-refractivity contribution < 1.29 is 0 Å². The molecular formula is C15H26ClN5. The second-order valence-electron chi connectivity index (χ2n) is 6.55. The fraction of sp³-hybridized carbons (Fsp3) is 0.800. The van der Waals surface area contributed by atoms with Crippen molar-refractivity contribution in [2.75, 3.05) is 39.3 Å². The number of aromatic nitrogens is 2. The average Bonchev–Trinajstić information content (AvgIpc) is 2.77. The summed E-state index contributed by atoms with van der Waals surface area (Å²) >= 11 is 6.38. The number of nitrogens with one attached hydrogen (secondary N) is 1. The highest BCUT2D eigenvalue weighted by molar-refractivity contribution is 6.30. The Balaban J connectivity index is 1.58. The predicted octanol–water partition coefficient (Wildman–Crippen LogP) is 1.29. The molecule has 1 unspecified atom stereocenters. The van der Waals surface area contributed by atoms with Crippen molar-refractivity contribution in [2.24, 2.45) is 7.05 Å². The van der Waals surface area contributed by atoms with Gasteiger partial charge in [-0.3, -0.25) is 14.5 Å². The molecule has 0 aliphatic carbocycles. The number of piperazine rings is 3. The minimum atomic E-state index is 0.404. The third-order valence-corrected chi connectivity index (χ3v) is 5.19. The number of hydrogen-bond acceptors (Lipinski definition) is 4. The lowest BCUT2D eigenvalue weighted by Crippen LogP contribution is -2.63. The Morgan fingerprint density at radius 2 is 2.00 bits per heavy atom. The van der Waals surface area contributed by atoms with Gasteiger partial charge >= 0.3 is 0 Å². The van der Waals surface area contributed by atoms with Crippen molar-refractivity contribution in [3.63, 3.8) is 0 Å². The van der Waals surface area contributed by atoms with E-state index in [9.17, 15) is 0 Å². The standard InChI is InChI=1S/C15H26ClN5/c1-11(2)14-13(15(16)19(3)18-14)9-17-8-12-10-20-4-6-21(12)7-5-20/h11-12,17H,4-10H2,1-3H3. The summed E-state index contributed by atoms with van der Waals surface area (Å²) in [6.45, 7) is 12.3. The molecule has 3 aliphatic rings. The average molecular weight is 312 g/mol. The maximum absolute atomic E-state index is 6.38. The minimum absolute atomic E-state index is 0.404. The number of hydrogen-bond donors (Lipinski definition) is 1. The maximum Gasteiger partial charge on any atom is 0.131 e. The number of nitrogens with zero attached hydrogens (tertiary/aromatic N) is 4. The van der Waals surface area contributed by atoms with Gasteiger partial charge in [-0.2, -0.15) is 5.10 Å². The first-order chi connectivity index (χ1) is 10.1. The molecule has 1 N–H and O–H groups in total. The fourth-order valence-electron chi connectivity index (χ4n) is 3.48. The van der Waals surface area contributed by atoms with Crippen molar-refractivity contribution in [3.05, 3.63) is 16.4 Å². The second kappa shape index (κ2) is 6.24. The zero-order valence-corrected chi connectivity index (χ0v) is 14.0. The summed E-state index contributed by atoms with van der Waals surface area (Å²) in [5.74, 6) is 0.404. The molecule has 3 fully saturated rings. The number of rotatable bonds is 5. The minimum Gasteiger partial charge on any atom is -0.311 e. The Bertz CT molecular complexity index is 490. The van der Waals surface area contributed by atoms with Crippen LogP contribution in [-0.2, 0) is 13.6 Å². The SMILES string of the molecule is CC(C)c1nn(C)c(Cl)c1CNCC1CN2CCN1CC2. The van der Waals surface area contributed by atoms with E-state index in [1.54, 1.807) is 4.68 Å². The van der Waals surface area contributed by atoms with Crippen LogP contribution in [-0.4, -0.2) is 64.9 Å². The van der Waals surface area contributed by atoms with Gasteiger partial charge in [-0.1, -0.05) is 25.4 Å². The third kappa shape index (κ3) is 3.11. The van der Waals surface area contributed by atoms with E-state index in [1.807, 2.05) is 7.05 Å². The van der Waals surface area contributed by atoms with Crippen LogP contribution in [0.1, 0.15) is 31.0 Å². The van der Waals surface area contributed by atoms with Crippen LogP contribution >= 0.6 is 11.6 Å². The highest BCUT2D eigenvalue weighted by Crippen LogP contribution is 2.25. The molecule has 0 amide bonds. The molecule has 4 rings (SSSR count). The van der Waals surface area contributed by atoms with Crippen LogP contribution in [0.5, 0.6) is 0 Å². The summed E-state index contributed by atoms with van der Waals surface area (Å²) in [7, 11) is 1.91. The van der Waals surface area contributed by atoms with Crippen LogP contribution < -0.4 is 5.32 Å². The molecule has 1 aromatic rings. The van der Waals surface area contributed by atoms with Crippen molar-refractivity contribution in [1.82, 2.24) is 24.9 Å². The quantitative estimate of drug-likeness (QED) is 0.889. The van der Waals surface area contributed by atoms with Gasteiger partial charge in [0.05, 0.1) is 5.69 Å². The van der Waals surface area contributed by atoms with Crippen molar-refractivity contribution in [3.8, 4) is 0 Å². The van der Waals surface area contributed by atoms with E-state index >= 15 is 0 Å². The topological polar surface area (TPSA) is 36.3 Å². The lowest BCUT2D eigenvalue weighted by atomic mass is 10.1. The molecule has 1 aromatic heterocycles. The fourth-order valence-corrected chi connectivity index (χ4v) is 3.68. The highest BCUT2D eigenvalue weighted by Gasteiger charge is 2.31. The summed E-state index contributed by atoms with van der Waals surface area (Å²) in [6.07, 6.45) is 0. The Kier molecular flexibility index (Phi) is 4.54. The van der Waals surface area contributed by atoms with E-state index < -0.39 is 0 Å². The molecule has 4 heterocycles. The van der Waals surface area contributed by atoms with Gasteiger partial charge in [0, 0.05) is 64.5 Å². The molecule has 6 heteroatoms. The molecule has 1 atom stereocenters. The summed E-state index contributed by atoms with van der Waals surface area (Å²) in [5, 5.41) is 8.90. The van der Waals surface area contributed by atoms with Crippen molar-refractivity contribution in [2.45, 2.75) is 32.4 Å². The van der Waals surface area contributed by atoms with E-state index in [1.165, 1.54) is 32.7 Å². The van der Waals surface area contributed by atoms with Gasteiger partial charge in [0.25, 0.3) is 0 Å². The Morgan fingerprint density at radius 1 is 1.29 bits per heavy atom. The van der Waals surface area contributed by atoms with Gasteiger partial charge < -0.3 is 5.32 Å². The van der Waals surface area contributed by atoms with Gasteiger partial charge in [0.15, 0.2) is 0 Å². The van der Waals surface area contributed by atoms with Gasteiger partial charge in [-0.15, -0.1) is 0 Å². The maximum atomic E-state index is 6.38. The molecule has 0 spiro atoms. The summed E-state index contributed by atoms with van der Waals surface area (Å²) in [5.41, 5.74) is 2.27. The molecule has 5 nitrogen and oxygen atoms in total.